The lowest BCUT2D eigenvalue weighted by Gasteiger charge is -2.35. The van der Waals surface area contributed by atoms with Crippen LogP contribution in [0.2, 0.25) is 0 Å². The molecule has 0 aliphatic carbocycles. The van der Waals surface area contributed by atoms with Crippen molar-refractivity contribution in [1.29, 1.82) is 0 Å². The molecule has 1 aromatic carbocycles. The number of carbonyl (C=O) groups is 2. The lowest BCUT2D eigenvalue weighted by molar-refractivity contribution is -0.136. The molecule has 2 aliphatic heterocycles. The summed E-state index contributed by atoms with van der Waals surface area (Å²) in [5, 5.41) is 1.01. The van der Waals surface area contributed by atoms with Crippen molar-refractivity contribution in [2.75, 3.05) is 33.7 Å². The van der Waals surface area contributed by atoms with Gasteiger partial charge < -0.3 is 9.64 Å². The highest BCUT2D eigenvalue weighted by Gasteiger charge is 2.32. The second-order valence-corrected chi connectivity index (χ2v) is 11.0. The summed E-state index contributed by atoms with van der Waals surface area (Å²) in [6.07, 6.45) is 2.73. The number of amides is 2. The van der Waals surface area contributed by atoms with E-state index in [-0.39, 0.29) is 18.0 Å². The molecule has 0 spiro atoms. The van der Waals surface area contributed by atoms with Crippen LogP contribution in [0.5, 0.6) is 0 Å². The normalized spacial score (nSPS) is 22.9. The lowest BCUT2D eigenvalue weighted by Crippen LogP contribution is -2.48. The third kappa shape index (κ3) is 4.66. The minimum atomic E-state index is -0.544. The average Bonchev–Trinajstić information content (AvgIpc) is 3.12. The molecule has 1 aromatic heterocycles. The van der Waals surface area contributed by atoms with Crippen LogP contribution in [0.4, 0.5) is 4.79 Å². The highest BCUT2D eigenvalue weighted by atomic mass is 32.1. The van der Waals surface area contributed by atoms with Gasteiger partial charge in [0.05, 0.1) is 28.5 Å². The number of hydrogen-bond donors (Lipinski definition) is 0. The zero-order valence-electron chi connectivity index (χ0n) is 19.7. The molecule has 7 nitrogen and oxygen atoms in total. The third-order valence-electron chi connectivity index (χ3n) is 5.89. The van der Waals surface area contributed by atoms with Crippen molar-refractivity contribution in [3.63, 3.8) is 0 Å². The first-order valence-corrected chi connectivity index (χ1v) is 11.9. The molecule has 2 aliphatic rings. The zero-order valence-corrected chi connectivity index (χ0v) is 20.5. The fourth-order valence-electron chi connectivity index (χ4n) is 4.13. The Balaban J connectivity index is 1.64. The van der Waals surface area contributed by atoms with Gasteiger partial charge in [-0.05, 0) is 52.3 Å². The van der Waals surface area contributed by atoms with Gasteiger partial charge in [-0.25, -0.2) is 9.78 Å². The van der Waals surface area contributed by atoms with Gasteiger partial charge in [-0.2, -0.15) is 0 Å². The van der Waals surface area contributed by atoms with E-state index in [1.54, 1.807) is 21.1 Å². The third-order valence-corrected chi connectivity index (χ3v) is 7.02. The molecule has 8 heteroatoms. The first-order valence-electron chi connectivity index (χ1n) is 11.1. The molecule has 2 amide bonds. The molecule has 3 heterocycles. The Morgan fingerprint density at radius 3 is 2.69 bits per heavy atom. The highest BCUT2D eigenvalue weighted by molar-refractivity contribution is 7.18. The molecule has 32 heavy (non-hydrogen) atoms. The minimum absolute atomic E-state index is 0.0894. The van der Waals surface area contributed by atoms with E-state index in [1.165, 1.54) is 0 Å². The van der Waals surface area contributed by atoms with E-state index >= 15 is 0 Å². The zero-order chi connectivity index (χ0) is 23.2. The maximum Gasteiger partial charge on any atom is 0.414 e. The van der Waals surface area contributed by atoms with Crippen molar-refractivity contribution in [2.24, 2.45) is 5.92 Å². The van der Waals surface area contributed by atoms with Crippen molar-refractivity contribution in [2.45, 2.75) is 45.8 Å². The van der Waals surface area contributed by atoms with Crippen molar-refractivity contribution in [3.05, 3.63) is 34.8 Å². The van der Waals surface area contributed by atoms with E-state index in [0.717, 1.165) is 32.9 Å². The number of likely N-dealkylation sites (N-methyl/N-ethyl adjacent to an activating group) is 2. The SMILES string of the molecule is C[C@H]1CC=C(c2ccc3sc(C4CN(C)C(=O)CN4C)nc3c2)N(C(=O)OC(C)(C)C)C1. The first-order chi connectivity index (χ1) is 15.0. The first kappa shape index (κ1) is 22.7. The Bertz CT molecular complexity index is 1070. The number of benzene rings is 1. The predicted molar refractivity (Wildman–Crippen MR) is 127 cm³/mol. The van der Waals surface area contributed by atoms with Crippen LogP contribution >= 0.6 is 11.3 Å². The molecule has 0 N–H and O–H groups in total. The van der Waals surface area contributed by atoms with Crippen molar-refractivity contribution in [1.82, 2.24) is 19.7 Å². The largest absolute Gasteiger partial charge is 0.443 e. The molecule has 1 unspecified atom stereocenters. The topological polar surface area (TPSA) is 66.0 Å². The molecular formula is C24H32N4O3S. The highest BCUT2D eigenvalue weighted by Crippen LogP contribution is 2.35. The summed E-state index contributed by atoms with van der Waals surface area (Å²) in [6.45, 7) is 9.47. The molecule has 172 valence electrons. The van der Waals surface area contributed by atoms with Crippen LogP contribution in [-0.4, -0.2) is 71.0 Å². The van der Waals surface area contributed by atoms with Gasteiger partial charge in [0.1, 0.15) is 10.6 Å². The second-order valence-electron chi connectivity index (χ2n) is 9.96. The van der Waals surface area contributed by atoms with Crippen molar-refractivity contribution in [3.8, 4) is 0 Å². The summed E-state index contributed by atoms with van der Waals surface area (Å²) >= 11 is 1.67. The predicted octanol–water partition coefficient (Wildman–Crippen LogP) is 4.36. The summed E-state index contributed by atoms with van der Waals surface area (Å²) in [5.41, 5.74) is 2.22. The summed E-state index contributed by atoms with van der Waals surface area (Å²) < 4.78 is 6.78. The van der Waals surface area contributed by atoms with E-state index in [1.807, 2.05) is 34.9 Å². The molecule has 1 fully saturated rings. The van der Waals surface area contributed by atoms with Gasteiger partial charge in [-0.1, -0.05) is 19.1 Å². The standard InChI is InChI=1S/C24H32N4O3S/c1-15-7-9-18(28(12-15)23(30)31-24(2,3)4)16-8-10-20-17(11-16)25-22(32-20)19-13-27(6)21(29)14-26(19)5/h8-11,15,19H,7,12-14H2,1-6H3/t15-,19?/m0/s1. The molecule has 2 atom stereocenters. The summed E-state index contributed by atoms with van der Waals surface area (Å²) in [7, 11) is 3.81. The van der Waals surface area contributed by atoms with Gasteiger partial charge >= 0.3 is 6.09 Å². The maximum atomic E-state index is 12.9. The smallest absolute Gasteiger partial charge is 0.414 e. The van der Waals surface area contributed by atoms with Gasteiger partial charge in [0, 0.05) is 25.7 Å². The number of carbonyl (C=O) groups excluding carboxylic acids is 2. The number of nitrogens with zero attached hydrogens (tertiary/aromatic N) is 4. The number of aromatic nitrogens is 1. The van der Waals surface area contributed by atoms with Gasteiger partial charge in [-0.15, -0.1) is 11.3 Å². The molecule has 0 radical (unpaired) electrons. The van der Waals surface area contributed by atoms with Gasteiger partial charge in [0.15, 0.2) is 0 Å². The second kappa shape index (κ2) is 8.48. The number of allylic oxidation sites excluding steroid dienone is 1. The Hall–Kier alpha value is -2.45. The van der Waals surface area contributed by atoms with Crippen LogP contribution in [0.1, 0.15) is 50.7 Å². The average molecular weight is 457 g/mol. The van der Waals surface area contributed by atoms with Crippen LogP contribution < -0.4 is 0 Å². The Morgan fingerprint density at radius 2 is 1.97 bits per heavy atom. The summed E-state index contributed by atoms with van der Waals surface area (Å²) in [6, 6.07) is 6.29. The number of fused-ring (bicyclic) bond motifs is 1. The van der Waals surface area contributed by atoms with Crippen molar-refractivity contribution < 1.29 is 14.3 Å². The molecule has 0 bridgehead atoms. The number of rotatable bonds is 2. The van der Waals surface area contributed by atoms with Crippen LogP contribution in [0.15, 0.2) is 24.3 Å². The monoisotopic (exact) mass is 456 g/mol. The quantitative estimate of drug-likeness (QED) is 0.672. The number of ether oxygens (including phenoxy) is 1. The molecule has 1 saturated heterocycles. The minimum Gasteiger partial charge on any atom is -0.443 e. The number of hydrogen-bond acceptors (Lipinski definition) is 6. The van der Waals surface area contributed by atoms with Gasteiger partial charge in [0.2, 0.25) is 5.91 Å². The Kier molecular flexibility index (Phi) is 6.02. The van der Waals surface area contributed by atoms with Crippen LogP contribution in [0.25, 0.3) is 15.9 Å². The fourth-order valence-corrected chi connectivity index (χ4v) is 5.23. The Labute approximate surface area is 193 Å². The van der Waals surface area contributed by atoms with E-state index in [0.29, 0.717) is 25.6 Å². The maximum absolute atomic E-state index is 12.9. The van der Waals surface area contributed by atoms with E-state index in [9.17, 15) is 9.59 Å². The van der Waals surface area contributed by atoms with E-state index in [2.05, 4.69) is 36.1 Å². The van der Waals surface area contributed by atoms with Crippen LogP contribution in [0.3, 0.4) is 0 Å². The van der Waals surface area contributed by atoms with Gasteiger partial charge in [-0.3, -0.25) is 14.6 Å². The molecular weight excluding hydrogens is 424 g/mol. The molecule has 4 rings (SSSR count). The van der Waals surface area contributed by atoms with Crippen molar-refractivity contribution >= 4 is 39.3 Å². The van der Waals surface area contributed by atoms with E-state index in [4.69, 9.17) is 9.72 Å². The fraction of sp³-hybridized carbons (Fsp3) is 0.542. The molecule has 2 aromatic rings. The van der Waals surface area contributed by atoms with Gasteiger partial charge in [0.25, 0.3) is 0 Å². The summed E-state index contributed by atoms with van der Waals surface area (Å²) in [5.74, 6) is 0.509. The molecule has 0 saturated carbocycles. The number of thiazole rings is 1. The summed E-state index contributed by atoms with van der Waals surface area (Å²) in [4.78, 5) is 35.4. The van der Waals surface area contributed by atoms with E-state index < -0.39 is 5.60 Å². The van der Waals surface area contributed by atoms with Crippen LogP contribution in [0, 0.1) is 5.92 Å². The Morgan fingerprint density at radius 1 is 1.22 bits per heavy atom. The van der Waals surface area contributed by atoms with Crippen LogP contribution in [-0.2, 0) is 9.53 Å². The number of piperazine rings is 1. The lowest BCUT2D eigenvalue weighted by atomic mass is 9.98.